The summed E-state index contributed by atoms with van der Waals surface area (Å²) in [5, 5.41) is 0.231. The van der Waals surface area contributed by atoms with Crippen LogP contribution in [0.25, 0.3) is 0 Å². The highest BCUT2D eigenvalue weighted by molar-refractivity contribution is 9.10. The van der Waals surface area contributed by atoms with Crippen molar-refractivity contribution in [2.24, 2.45) is 11.7 Å². The third-order valence-corrected chi connectivity index (χ3v) is 5.63. The average Bonchev–Trinajstić information content (AvgIpc) is 2.39. The van der Waals surface area contributed by atoms with Crippen LogP contribution in [0.2, 0.25) is 5.02 Å². The van der Waals surface area contributed by atoms with Gasteiger partial charge in [-0.1, -0.05) is 25.4 Å². The van der Waals surface area contributed by atoms with Crippen molar-refractivity contribution in [1.29, 1.82) is 0 Å². The summed E-state index contributed by atoms with van der Waals surface area (Å²) in [6.07, 6.45) is 0.664. The van der Waals surface area contributed by atoms with Gasteiger partial charge in [0.2, 0.25) is 10.0 Å². The molecule has 0 aliphatic rings. The third-order valence-electron chi connectivity index (χ3n) is 2.86. The van der Waals surface area contributed by atoms with Gasteiger partial charge in [0.25, 0.3) is 0 Å². The molecule has 1 rings (SSSR count). The molecule has 120 valence electrons. The molecule has 1 aromatic rings. The Kier molecular flexibility index (Phi) is 6.93. The molecule has 0 aliphatic carbocycles. The van der Waals surface area contributed by atoms with Crippen LogP contribution < -0.4 is 15.2 Å². The van der Waals surface area contributed by atoms with Gasteiger partial charge in [0, 0.05) is 17.1 Å². The van der Waals surface area contributed by atoms with Crippen LogP contribution in [0.4, 0.5) is 0 Å². The quantitative estimate of drug-likeness (QED) is 0.738. The van der Waals surface area contributed by atoms with Gasteiger partial charge in [-0.2, -0.15) is 0 Å². The zero-order valence-corrected chi connectivity index (χ0v) is 15.3. The van der Waals surface area contributed by atoms with E-state index in [0.717, 1.165) is 0 Å². The summed E-state index contributed by atoms with van der Waals surface area (Å²) in [5.74, 6) is 0.740. The fraction of sp³-hybridized carbons (Fsp3) is 0.538. The number of benzene rings is 1. The van der Waals surface area contributed by atoms with Crippen molar-refractivity contribution >= 4 is 37.6 Å². The van der Waals surface area contributed by atoms with E-state index in [1.807, 2.05) is 13.8 Å². The van der Waals surface area contributed by atoms with E-state index < -0.39 is 10.0 Å². The van der Waals surface area contributed by atoms with Gasteiger partial charge in [-0.15, -0.1) is 0 Å². The lowest BCUT2D eigenvalue weighted by Crippen LogP contribution is -2.41. The summed E-state index contributed by atoms with van der Waals surface area (Å²) in [7, 11) is -2.25. The van der Waals surface area contributed by atoms with Gasteiger partial charge in [-0.25, -0.2) is 13.1 Å². The Morgan fingerprint density at radius 3 is 2.52 bits per heavy atom. The summed E-state index contributed by atoms with van der Waals surface area (Å²) >= 11 is 9.23. The molecule has 0 unspecified atom stereocenters. The Balaban J connectivity index is 3.10. The molecule has 3 N–H and O–H groups in total. The van der Waals surface area contributed by atoms with E-state index in [1.165, 1.54) is 19.2 Å². The Morgan fingerprint density at radius 1 is 1.43 bits per heavy atom. The number of halogens is 2. The highest BCUT2D eigenvalue weighted by Gasteiger charge is 2.23. The smallest absolute Gasteiger partial charge is 0.242 e. The van der Waals surface area contributed by atoms with Gasteiger partial charge in [0.1, 0.15) is 5.75 Å². The van der Waals surface area contributed by atoms with E-state index in [4.69, 9.17) is 22.1 Å². The van der Waals surface area contributed by atoms with Crippen LogP contribution in [0.3, 0.4) is 0 Å². The van der Waals surface area contributed by atoms with Crippen molar-refractivity contribution in [2.75, 3.05) is 13.7 Å². The maximum absolute atomic E-state index is 12.5. The lowest BCUT2D eigenvalue weighted by molar-refractivity contribution is 0.414. The fourth-order valence-electron chi connectivity index (χ4n) is 1.92. The molecule has 0 bridgehead atoms. The van der Waals surface area contributed by atoms with Crippen molar-refractivity contribution in [2.45, 2.75) is 31.2 Å². The lowest BCUT2D eigenvalue weighted by atomic mass is 10.1. The molecular formula is C13H20BrClN2O3S. The zero-order valence-electron chi connectivity index (χ0n) is 12.2. The standard InChI is InChI=1S/C13H20BrClN2O3S/c1-8(2)4-9(7-16)17-21(18,19)13-6-11(15)12(20-3)5-10(13)14/h5-6,8-9,17H,4,7,16H2,1-3H3/t9-/m0/s1. The van der Waals surface area contributed by atoms with Gasteiger partial charge in [0.05, 0.1) is 17.0 Å². The van der Waals surface area contributed by atoms with E-state index in [2.05, 4.69) is 20.7 Å². The van der Waals surface area contributed by atoms with E-state index in [-0.39, 0.29) is 22.5 Å². The minimum Gasteiger partial charge on any atom is -0.495 e. The molecule has 21 heavy (non-hydrogen) atoms. The van der Waals surface area contributed by atoms with E-state index >= 15 is 0 Å². The number of sulfonamides is 1. The number of hydrogen-bond acceptors (Lipinski definition) is 4. The first kappa shape index (κ1) is 18.7. The number of hydrogen-bond donors (Lipinski definition) is 2. The molecule has 0 heterocycles. The van der Waals surface area contributed by atoms with Crippen molar-refractivity contribution in [1.82, 2.24) is 4.72 Å². The molecule has 0 aliphatic heterocycles. The van der Waals surface area contributed by atoms with Crippen LogP contribution in [-0.4, -0.2) is 28.1 Å². The molecule has 8 heteroatoms. The topological polar surface area (TPSA) is 81.4 Å². The van der Waals surface area contributed by atoms with Gasteiger partial charge < -0.3 is 10.5 Å². The summed E-state index contributed by atoms with van der Waals surface area (Å²) in [5.41, 5.74) is 5.64. The molecular weight excluding hydrogens is 380 g/mol. The SMILES string of the molecule is COc1cc(Br)c(S(=O)(=O)N[C@H](CN)CC(C)C)cc1Cl. The summed E-state index contributed by atoms with van der Waals surface area (Å²) in [6.45, 7) is 4.26. The van der Waals surface area contributed by atoms with E-state index in [0.29, 0.717) is 22.6 Å². The molecule has 0 spiro atoms. The molecule has 0 aromatic heterocycles. The Hall–Kier alpha value is -0.340. The average molecular weight is 400 g/mol. The molecule has 0 fully saturated rings. The largest absolute Gasteiger partial charge is 0.495 e. The normalized spacial score (nSPS) is 13.5. The monoisotopic (exact) mass is 398 g/mol. The predicted molar refractivity (Wildman–Crippen MR) is 88.3 cm³/mol. The van der Waals surface area contributed by atoms with Crippen LogP contribution in [0.1, 0.15) is 20.3 Å². The minimum absolute atomic E-state index is 0.0653. The molecule has 0 saturated heterocycles. The van der Waals surface area contributed by atoms with Gasteiger partial charge >= 0.3 is 0 Å². The van der Waals surface area contributed by atoms with Crippen LogP contribution >= 0.6 is 27.5 Å². The van der Waals surface area contributed by atoms with E-state index in [1.54, 1.807) is 0 Å². The van der Waals surface area contributed by atoms with Crippen LogP contribution in [0.5, 0.6) is 5.75 Å². The van der Waals surface area contributed by atoms with Gasteiger partial charge in [-0.3, -0.25) is 0 Å². The molecule has 0 amide bonds. The van der Waals surface area contributed by atoms with Gasteiger partial charge in [0.15, 0.2) is 0 Å². The number of ether oxygens (including phenoxy) is 1. The molecule has 0 saturated carbocycles. The van der Waals surface area contributed by atoms with Crippen molar-refractivity contribution < 1.29 is 13.2 Å². The van der Waals surface area contributed by atoms with E-state index in [9.17, 15) is 8.42 Å². The summed E-state index contributed by atoms with van der Waals surface area (Å²) < 4.78 is 33.0. The first-order chi connectivity index (χ1) is 9.71. The number of nitrogens with two attached hydrogens (primary N) is 1. The van der Waals surface area contributed by atoms with Gasteiger partial charge in [-0.05, 0) is 40.4 Å². The molecule has 1 atom stereocenters. The summed E-state index contributed by atoms with van der Waals surface area (Å²) in [4.78, 5) is 0.0653. The van der Waals surface area contributed by atoms with Crippen LogP contribution in [-0.2, 0) is 10.0 Å². The van der Waals surface area contributed by atoms with Crippen LogP contribution in [0, 0.1) is 5.92 Å². The molecule has 5 nitrogen and oxygen atoms in total. The number of nitrogens with one attached hydrogen (secondary N) is 1. The third kappa shape index (κ3) is 5.10. The Labute approximate surface area is 139 Å². The highest BCUT2D eigenvalue weighted by Crippen LogP contribution is 2.33. The first-order valence-corrected chi connectivity index (χ1v) is 9.12. The second kappa shape index (κ2) is 7.78. The maximum Gasteiger partial charge on any atom is 0.242 e. The predicted octanol–water partition coefficient (Wildman–Crippen LogP) is 2.76. The van der Waals surface area contributed by atoms with Crippen molar-refractivity contribution in [3.63, 3.8) is 0 Å². The second-order valence-electron chi connectivity index (χ2n) is 5.10. The zero-order chi connectivity index (χ0) is 16.2. The van der Waals surface area contributed by atoms with Crippen molar-refractivity contribution in [3.8, 4) is 5.75 Å². The number of rotatable bonds is 7. The molecule has 0 radical (unpaired) electrons. The molecule has 1 aromatic carbocycles. The van der Waals surface area contributed by atoms with Crippen LogP contribution in [0.15, 0.2) is 21.5 Å². The Bertz CT molecular complexity index is 593. The Morgan fingerprint density at radius 2 is 2.05 bits per heavy atom. The highest BCUT2D eigenvalue weighted by atomic mass is 79.9. The number of methoxy groups -OCH3 is 1. The maximum atomic E-state index is 12.5. The van der Waals surface area contributed by atoms with Crippen molar-refractivity contribution in [3.05, 3.63) is 21.6 Å². The lowest BCUT2D eigenvalue weighted by Gasteiger charge is -2.19. The minimum atomic E-state index is -3.71. The summed E-state index contributed by atoms with van der Waals surface area (Å²) in [6, 6.07) is 2.56. The fourth-order valence-corrected chi connectivity index (χ4v) is 4.53. The first-order valence-electron chi connectivity index (χ1n) is 6.46. The second-order valence-corrected chi connectivity index (χ2v) is 8.04.